The average Bonchev–Trinajstić information content (AvgIpc) is 2.85. The molecule has 2 heterocycles. The maximum absolute atomic E-state index is 12.3. The van der Waals surface area contributed by atoms with Crippen molar-refractivity contribution < 1.29 is 9.53 Å². The number of nitrogens with zero attached hydrogens (tertiary/aromatic N) is 2. The largest absolute Gasteiger partial charge is 0.444 e. The van der Waals surface area contributed by atoms with Crippen molar-refractivity contribution in [3.8, 4) is 6.07 Å². The number of hydrogen-bond acceptors (Lipinski definition) is 5. The number of carbonyl (C=O) groups excluding carboxylic acids is 1. The van der Waals surface area contributed by atoms with Gasteiger partial charge in [-0.1, -0.05) is 0 Å². The van der Waals surface area contributed by atoms with Crippen LogP contribution in [0.3, 0.4) is 0 Å². The van der Waals surface area contributed by atoms with E-state index < -0.39 is 5.60 Å². The number of thiophene rings is 1. The molecule has 1 aromatic heterocycles. The second-order valence-electron chi connectivity index (χ2n) is 5.74. The number of nitriles is 1. The Balaban J connectivity index is 2.17. The number of nitrogens with one attached hydrogen (secondary N) is 1. The van der Waals surface area contributed by atoms with E-state index in [1.807, 2.05) is 32.2 Å². The molecular formula is C14H19N3O2S. The lowest BCUT2D eigenvalue weighted by molar-refractivity contribution is 0.0122. The number of rotatable bonds is 1. The summed E-state index contributed by atoms with van der Waals surface area (Å²) in [7, 11) is 0. The zero-order valence-electron chi connectivity index (χ0n) is 12.0. The van der Waals surface area contributed by atoms with Crippen LogP contribution in [0, 0.1) is 11.3 Å². The van der Waals surface area contributed by atoms with E-state index in [1.165, 1.54) is 11.3 Å². The first-order chi connectivity index (χ1) is 9.40. The molecule has 5 nitrogen and oxygen atoms in total. The fourth-order valence-electron chi connectivity index (χ4n) is 2.08. The highest BCUT2D eigenvalue weighted by atomic mass is 32.1. The van der Waals surface area contributed by atoms with Gasteiger partial charge < -0.3 is 10.1 Å². The van der Waals surface area contributed by atoms with Crippen molar-refractivity contribution in [3.63, 3.8) is 0 Å². The Morgan fingerprint density at radius 1 is 1.60 bits per heavy atom. The van der Waals surface area contributed by atoms with Gasteiger partial charge in [-0.2, -0.15) is 5.26 Å². The smallest absolute Gasteiger partial charge is 0.410 e. The molecule has 0 bridgehead atoms. The average molecular weight is 293 g/mol. The van der Waals surface area contributed by atoms with Crippen LogP contribution in [-0.2, 0) is 4.74 Å². The number of amides is 1. The van der Waals surface area contributed by atoms with Gasteiger partial charge in [0.05, 0.1) is 11.6 Å². The van der Waals surface area contributed by atoms with Crippen molar-refractivity contribution in [2.24, 2.45) is 0 Å². The molecular weight excluding hydrogens is 274 g/mol. The van der Waals surface area contributed by atoms with Crippen LogP contribution >= 0.6 is 11.3 Å². The van der Waals surface area contributed by atoms with E-state index in [0.29, 0.717) is 18.7 Å². The molecule has 0 saturated carbocycles. The topological polar surface area (TPSA) is 65.4 Å². The SMILES string of the molecule is CC(C)(C)OC(=O)N1CCNCC1c1cc(C#N)cs1. The molecule has 2 rings (SSSR count). The Hall–Kier alpha value is -1.58. The maximum atomic E-state index is 12.3. The lowest BCUT2D eigenvalue weighted by atomic mass is 10.1. The molecule has 1 saturated heterocycles. The third-order valence-corrected chi connectivity index (χ3v) is 3.98. The Bertz CT molecular complexity index is 527. The van der Waals surface area contributed by atoms with E-state index in [-0.39, 0.29) is 12.1 Å². The number of carbonyl (C=O) groups is 1. The molecule has 1 unspecified atom stereocenters. The number of ether oxygens (including phenoxy) is 1. The molecule has 1 N–H and O–H groups in total. The number of piperazine rings is 1. The zero-order valence-corrected chi connectivity index (χ0v) is 12.8. The molecule has 108 valence electrons. The number of hydrogen-bond donors (Lipinski definition) is 1. The third-order valence-electron chi connectivity index (χ3n) is 2.95. The molecule has 1 amide bonds. The first-order valence-electron chi connectivity index (χ1n) is 6.59. The molecule has 0 aliphatic carbocycles. The normalized spacial score (nSPS) is 19.5. The summed E-state index contributed by atoms with van der Waals surface area (Å²) in [5.41, 5.74) is 0.138. The molecule has 1 atom stereocenters. The maximum Gasteiger partial charge on any atom is 0.410 e. The second-order valence-corrected chi connectivity index (χ2v) is 6.69. The van der Waals surface area contributed by atoms with Gasteiger partial charge in [0.25, 0.3) is 0 Å². The summed E-state index contributed by atoms with van der Waals surface area (Å²) in [6.45, 7) is 7.64. The summed E-state index contributed by atoms with van der Waals surface area (Å²) in [4.78, 5) is 15.0. The van der Waals surface area contributed by atoms with E-state index in [4.69, 9.17) is 10.00 Å². The zero-order chi connectivity index (χ0) is 14.8. The minimum atomic E-state index is -0.500. The molecule has 1 aromatic rings. The Labute approximate surface area is 123 Å². The lowest BCUT2D eigenvalue weighted by Gasteiger charge is -2.36. The van der Waals surface area contributed by atoms with Gasteiger partial charge in [0.2, 0.25) is 0 Å². The van der Waals surface area contributed by atoms with Crippen LogP contribution in [-0.4, -0.2) is 36.2 Å². The Morgan fingerprint density at radius 2 is 2.35 bits per heavy atom. The predicted molar refractivity (Wildman–Crippen MR) is 77.6 cm³/mol. The molecule has 0 aromatic carbocycles. The third kappa shape index (κ3) is 3.50. The standard InChI is InChI=1S/C14H19N3O2S/c1-14(2,3)19-13(18)17-5-4-16-8-11(17)12-6-10(7-15)9-20-12/h6,9,11,16H,4-5,8H2,1-3H3. The van der Waals surface area contributed by atoms with Gasteiger partial charge >= 0.3 is 6.09 Å². The minimum Gasteiger partial charge on any atom is -0.444 e. The highest BCUT2D eigenvalue weighted by Gasteiger charge is 2.32. The van der Waals surface area contributed by atoms with Gasteiger partial charge in [-0.3, -0.25) is 4.90 Å². The second kappa shape index (κ2) is 5.81. The van der Waals surface area contributed by atoms with Crippen LogP contribution in [0.5, 0.6) is 0 Å². The van der Waals surface area contributed by atoms with Crippen molar-refractivity contribution in [1.82, 2.24) is 10.2 Å². The van der Waals surface area contributed by atoms with Crippen LogP contribution in [0.1, 0.15) is 37.3 Å². The van der Waals surface area contributed by atoms with E-state index in [1.54, 1.807) is 4.90 Å². The van der Waals surface area contributed by atoms with Gasteiger partial charge in [0.15, 0.2) is 0 Å². The van der Waals surface area contributed by atoms with Crippen LogP contribution in [0.25, 0.3) is 0 Å². The fourth-order valence-corrected chi connectivity index (χ4v) is 3.03. The van der Waals surface area contributed by atoms with Crippen molar-refractivity contribution in [1.29, 1.82) is 5.26 Å². The minimum absolute atomic E-state index is 0.0642. The predicted octanol–water partition coefficient (Wildman–Crippen LogP) is 2.50. The van der Waals surface area contributed by atoms with E-state index in [9.17, 15) is 4.79 Å². The molecule has 0 radical (unpaired) electrons. The van der Waals surface area contributed by atoms with E-state index in [0.717, 1.165) is 11.4 Å². The summed E-state index contributed by atoms with van der Waals surface area (Å²) in [6, 6.07) is 3.91. The molecule has 0 spiro atoms. The van der Waals surface area contributed by atoms with Crippen molar-refractivity contribution in [3.05, 3.63) is 21.9 Å². The summed E-state index contributed by atoms with van der Waals surface area (Å²) >= 11 is 1.51. The van der Waals surface area contributed by atoms with Crippen LogP contribution < -0.4 is 5.32 Å². The first-order valence-corrected chi connectivity index (χ1v) is 7.47. The Morgan fingerprint density at radius 3 is 2.95 bits per heavy atom. The monoisotopic (exact) mass is 293 g/mol. The van der Waals surface area contributed by atoms with Gasteiger partial charge in [-0.15, -0.1) is 11.3 Å². The lowest BCUT2D eigenvalue weighted by Crippen LogP contribution is -2.49. The van der Waals surface area contributed by atoms with E-state index in [2.05, 4.69) is 11.4 Å². The molecule has 1 aliphatic heterocycles. The van der Waals surface area contributed by atoms with Crippen LogP contribution in [0.4, 0.5) is 4.79 Å². The van der Waals surface area contributed by atoms with Gasteiger partial charge in [-0.25, -0.2) is 4.79 Å². The van der Waals surface area contributed by atoms with Crippen molar-refractivity contribution in [2.45, 2.75) is 32.4 Å². The summed E-state index contributed by atoms with van der Waals surface area (Å²) < 4.78 is 5.46. The van der Waals surface area contributed by atoms with Crippen LogP contribution in [0.2, 0.25) is 0 Å². The molecule has 20 heavy (non-hydrogen) atoms. The molecule has 1 aliphatic rings. The summed E-state index contributed by atoms with van der Waals surface area (Å²) in [5, 5.41) is 14.0. The molecule has 1 fully saturated rings. The first kappa shape index (κ1) is 14.8. The Kier molecular flexibility index (Phi) is 4.31. The summed E-state index contributed by atoms with van der Waals surface area (Å²) in [5.74, 6) is 0. The molecule has 6 heteroatoms. The highest BCUT2D eigenvalue weighted by molar-refractivity contribution is 7.10. The van der Waals surface area contributed by atoms with E-state index >= 15 is 0 Å². The fraction of sp³-hybridized carbons (Fsp3) is 0.571. The highest BCUT2D eigenvalue weighted by Crippen LogP contribution is 2.29. The quantitative estimate of drug-likeness (QED) is 0.864. The van der Waals surface area contributed by atoms with Gasteiger partial charge in [0, 0.05) is 29.9 Å². The van der Waals surface area contributed by atoms with Crippen LogP contribution in [0.15, 0.2) is 11.4 Å². The van der Waals surface area contributed by atoms with Gasteiger partial charge in [-0.05, 0) is 26.8 Å². The van der Waals surface area contributed by atoms with Crippen molar-refractivity contribution in [2.75, 3.05) is 19.6 Å². The van der Waals surface area contributed by atoms with Crippen molar-refractivity contribution >= 4 is 17.4 Å². The summed E-state index contributed by atoms with van der Waals surface area (Å²) in [6.07, 6.45) is -0.295. The van der Waals surface area contributed by atoms with Gasteiger partial charge in [0.1, 0.15) is 11.7 Å².